The van der Waals surface area contributed by atoms with Gasteiger partial charge in [-0.05, 0) is 23.6 Å². The van der Waals surface area contributed by atoms with Crippen molar-refractivity contribution in [1.82, 2.24) is 5.32 Å². The lowest BCUT2D eigenvalue weighted by molar-refractivity contribution is -0.122. The minimum Gasteiger partial charge on any atom is -0.534 e. The fraction of sp³-hybridized carbons (Fsp3) is 0.176. The molecule has 0 spiro atoms. The van der Waals surface area contributed by atoms with Crippen LogP contribution in [0, 0.1) is 0 Å². The fourth-order valence-electron chi connectivity index (χ4n) is 2.80. The third kappa shape index (κ3) is 3.49. The highest BCUT2D eigenvalue weighted by atomic mass is 16.5. The van der Waals surface area contributed by atoms with Crippen molar-refractivity contribution in [3.8, 4) is 5.75 Å². The minimum absolute atomic E-state index is 0.0256. The molecule has 2 aromatic rings. The van der Waals surface area contributed by atoms with Gasteiger partial charge in [0.25, 0.3) is 0 Å². The van der Waals surface area contributed by atoms with Gasteiger partial charge in [0.2, 0.25) is 5.91 Å². The summed E-state index contributed by atoms with van der Waals surface area (Å²) in [6.07, 6.45) is 0.241. The Kier molecular flexibility index (Phi) is 4.73. The smallest absolute Gasteiger partial charge is 0.534 e. The van der Waals surface area contributed by atoms with Crippen molar-refractivity contribution in [2.45, 2.75) is 18.4 Å². The number of nitrogens with one attached hydrogen (secondary N) is 1. The number of aromatic carboxylic acids is 1. The third-order valence-electron chi connectivity index (χ3n) is 4.12. The summed E-state index contributed by atoms with van der Waals surface area (Å²) in [5.41, 5.74) is 7.18. The molecule has 0 saturated carbocycles. The molecule has 128 valence electrons. The second-order valence-corrected chi connectivity index (χ2v) is 5.81. The molecular formula is C17H17BN2O5. The van der Waals surface area contributed by atoms with Gasteiger partial charge in [-0.25, -0.2) is 4.79 Å². The van der Waals surface area contributed by atoms with Crippen LogP contribution in [-0.2, 0) is 11.2 Å². The molecule has 2 atom stereocenters. The molecule has 0 radical (unpaired) electrons. The second kappa shape index (κ2) is 6.96. The first-order chi connectivity index (χ1) is 12.0. The fourth-order valence-corrected chi connectivity index (χ4v) is 2.80. The van der Waals surface area contributed by atoms with Crippen LogP contribution in [0.4, 0.5) is 0 Å². The van der Waals surface area contributed by atoms with E-state index in [9.17, 15) is 19.7 Å². The Balaban J connectivity index is 1.75. The molecule has 2 aromatic carbocycles. The molecule has 1 heterocycles. The minimum atomic E-state index is -1.36. The van der Waals surface area contributed by atoms with Gasteiger partial charge >= 0.3 is 13.1 Å². The van der Waals surface area contributed by atoms with Gasteiger partial charge in [-0.1, -0.05) is 42.5 Å². The number of benzene rings is 2. The molecule has 1 aliphatic heterocycles. The molecule has 7 nitrogen and oxygen atoms in total. The average Bonchev–Trinajstić information content (AvgIpc) is 2.61. The van der Waals surface area contributed by atoms with E-state index in [-0.39, 0.29) is 17.7 Å². The van der Waals surface area contributed by atoms with Gasteiger partial charge in [0.1, 0.15) is 11.8 Å². The Bertz CT molecular complexity index is 799. The van der Waals surface area contributed by atoms with Crippen LogP contribution in [0.1, 0.15) is 27.5 Å². The highest BCUT2D eigenvalue weighted by Crippen LogP contribution is 2.30. The van der Waals surface area contributed by atoms with E-state index in [1.54, 1.807) is 36.4 Å². The number of carboxylic acids is 1. The number of carbonyl (C=O) groups is 2. The van der Waals surface area contributed by atoms with Crippen molar-refractivity contribution < 1.29 is 24.4 Å². The molecule has 5 N–H and O–H groups in total. The number of nitrogens with two attached hydrogens (primary N) is 1. The summed E-state index contributed by atoms with van der Waals surface area (Å²) < 4.78 is 5.34. The van der Waals surface area contributed by atoms with Gasteiger partial charge in [-0.2, -0.15) is 0 Å². The predicted molar refractivity (Wildman–Crippen MR) is 91.0 cm³/mol. The Morgan fingerprint density at radius 1 is 1.20 bits per heavy atom. The quantitative estimate of drug-likeness (QED) is 0.602. The Morgan fingerprint density at radius 2 is 1.92 bits per heavy atom. The molecule has 0 bridgehead atoms. The number of fused-ring (bicyclic) bond motifs is 1. The Morgan fingerprint density at radius 3 is 2.60 bits per heavy atom. The molecule has 3 rings (SSSR count). The van der Waals surface area contributed by atoms with Crippen LogP contribution in [0.3, 0.4) is 0 Å². The summed E-state index contributed by atoms with van der Waals surface area (Å²) in [5, 5.41) is 22.0. The third-order valence-corrected chi connectivity index (χ3v) is 4.12. The lowest BCUT2D eigenvalue weighted by Crippen LogP contribution is -2.54. The van der Waals surface area contributed by atoms with E-state index in [0.717, 1.165) is 0 Å². The SMILES string of the molecule is N[C@@H](C(=O)N[C@H]1Cc2cccc(C(=O)O)c2OB1O)c1ccccc1. The van der Waals surface area contributed by atoms with Crippen molar-refractivity contribution in [1.29, 1.82) is 0 Å². The highest BCUT2D eigenvalue weighted by molar-refractivity contribution is 6.47. The van der Waals surface area contributed by atoms with E-state index < -0.39 is 31.0 Å². The lowest BCUT2D eigenvalue weighted by atomic mass is 9.72. The van der Waals surface area contributed by atoms with E-state index in [4.69, 9.17) is 10.4 Å². The molecule has 0 saturated heterocycles. The van der Waals surface area contributed by atoms with E-state index in [1.165, 1.54) is 6.07 Å². The van der Waals surface area contributed by atoms with Crippen molar-refractivity contribution in [3.63, 3.8) is 0 Å². The second-order valence-electron chi connectivity index (χ2n) is 5.81. The number of carboxylic acid groups (broad SMARTS) is 1. The van der Waals surface area contributed by atoms with Crippen molar-refractivity contribution in [3.05, 3.63) is 65.2 Å². The van der Waals surface area contributed by atoms with Gasteiger partial charge in [0.05, 0.1) is 11.5 Å². The molecule has 0 aliphatic carbocycles. The van der Waals surface area contributed by atoms with Crippen LogP contribution in [0.15, 0.2) is 48.5 Å². The lowest BCUT2D eigenvalue weighted by Gasteiger charge is -2.29. The van der Waals surface area contributed by atoms with E-state index in [2.05, 4.69) is 5.32 Å². The van der Waals surface area contributed by atoms with Crippen LogP contribution in [0.5, 0.6) is 5.75 Å². The van der Waals surface area contributed by atoms with Crippen molar-refractivity contribution >= 4 is 19.0 Å². The topological polar surface area (TPSA) is 122 Å². The van der Waals surface area contributed by atoms with Gasteiger partial charge in [-0.3, -0.25) is 4.79 Å². The number of carbonyl (C=O) groups excluding carboxylic acids is 1. The standard InChI is InChI=1S/C17H17BN2O5/c19-14(10-5-2-1-3-6-10)16(21)20-13-9-11-7-4-8-12(17(22)23)15(11)25-18(13)24/h1-8,13-14,24H,9,19H2,(H,20,21)(H,22,23)/t13-,14+/m0/s1. The summed E-state index contributed by atoms with van der Waals surface area (Å²) in [6.45, 7) is 0. The van der Waals surface area contributed by atoms with Crippen LogP contribution in [-0.4, -0.2) is 35.1 Å². The highest BCUT2D eigenvalue weighted by Gasteiger charge is 2.38. The molecule has 0 unspecified atom stereocenters. The first-order valence-corrected chi connectivity index (χ1v) is 7.78. The zero-order chi connectivity index (χ0) is 18.0. The number of hydrogen-bond acceptors (Lipinski definition) is 5. The summed E-state index contributed by atoms with van der Waals surface area (Å²) in [7, 11) is -1.36. The monoisotopic (exact) mass is 340 g/mol. The first kappa shape index (κ1) is 17.0. The number of hydrogen-bond donors (Lipinski definition) is 4. The Hall–Kier alpha value is -2.84. The maximum Gasteiger partial charge on any atom is 0.547 e. The van der Waals surface area contributed by atoms with Crippen molar-refractivity contribution in [2.75, 3.05) is 0 Å². The summed E-state index contributed by atoms with van der Waals surface area (Å²) in [4.78, 5) is 23.6. The van der Waals surface area contributed by atoms with Crippen LogP contribution in [0.2, 0.25) is 0 Å². The molecule has 1 amide bonds. The van der Waals surface area contributed by atoms with E-state index in [1.807, 2.05) is 6.07 Å². The molecule has 25 heavy (non-hydrogen) atoms. The van der Waals surface area contributed by atoms with Gasteiger partial charge < -0.3 is 25.8 Å². The maximum absolute atomic E-state index is 12.3. The van der Waals surface area contributed by atoms with E-state index in [0.29, 0.717) is 11.1 Å². The molecule has 8 heteroatoms. The van der Waals surface area contributed by atoms with Gasteiger partial charge in [-0.15, -0.1) is 0 Å². The molecular weight excluding hydrogens is 323 g/mol. The van der Waals surface area contributed by atoms with Gasteiger partial charge in [0, 0.05) is 0 Å². The van der Waals surface area contributed by atoms with Crippen molar-refractivity contribution in [2.24, 2.45) is 5.73 Å². The molecule has 0 fully saturated rings. The predicted octanol–water partition coefficient (Wildman–Crippen LogP) is 0.524. The number of amides is 1. The maximum atomic E-state index is 12.3. The average molecular weight is 340 g/mol. The van der Waals surface area contributed by atoms with Crippen LogP contribution in [0.25, 0.3) is 0 Å². The molecule has 0 aromatic heterocycles. The summed E-state index contributed by atoms with van der Waals surface area (Å²) in [5.74, 6) is -2.19. The van der Waals surface area contributed by atoms with Crippen LogP contribution < -0.4 is 15.7 Å². The first-order valence-electron chi connectivity index (χ1n) is 7.78. The number of para-hydroxylation sites is 1. The normalized spacial score (nSPS) is 17.2. The Labute approximate surface area is 144 Å². The summed E-state index contributed by atoms with van der Waals surface area (Å²) in [6, 6.07) is 12.7. The van der Waals surface area contributed by atoms with E-state index >= 15 is 0 Å². The zero-order valence-electron chi connectivity index (χ0n) is 13.3. The summed E-state index contributed by atoms with van der Waals surface area (Å²) >= 11 is 0. The van der Waals surface area contributed by atoms with Crippen LogP contribution >= 0.6 is 0 Å². The zero-order valence-corrected chi connectivity index (χ0v) is 13.3. The number of rotatable bonds is 4. The van der Waals surface area contributed by atoms with Gasteiger partial charge in [0.15, 0.2) is 0 Å². The molecule has 1 aliphatic rings. The largest absolute Gasteiger partial charge is 0.547 e.